The molecule has 12 heavy (non-hydrogen) atoms. The molecule has 0 unspecified atom stereocenters. The molecule has 4 heteroatoms. The zero-order valence-electron chi connectivity index (χ0n) is 6.58. The van der Waals surface area contributed by atoms with E-state index in [1.807, 2.05) is 12.1 Å². The average Bonchev–Trinajstić information content (AvgIpc) is 2.01. The minimum Gasteiger partial charge on any atom is -0.288 e. The van der Waals surface area contributed by atoms with Crippen LogP contribution in [0, 0.1) is 0 Å². The van der Waals surface area contributed by atoms with E-state index in [0.717, 1.165) is 10.2 Å². The second-order valence-corrected chi connectivity index (χ2v) is 4.31. The van der Waals surface area contributed by atoms with E-state index in [1.54, 1.807) is 13.1 Å². The number of carbonyl (C=O) groups is 1. The van der Waals surface area contributed by atoms with Crippen molar-refractivity contribution in [3.8, 4) is 0 Å². The normalized spacial score (nSPS) is 9.83. The van der Waals surface area contributed by atoms with E-state index in [1.165, 1.54) is 11.8 Å². The first-order valence-electron chi connectivity index (χ1n) is 3.42. The molecular formula is C8H8BrNOS. The Kier molecular flexibility index (Phi) is 3.75. The molecular weight excluding hydrogens is 238 g/mol. The summed E-state index contributed by atoms with van der Waals surface area (Å²) in [5.41, 5.74) is 0.921. The first-order chi connectivity index (χ1) is 5.68. The van der Waals surface area contributed by atoms with E-state index >= 15 is 0 Å². The minimum absolute atomic E-state index is 0.122. The van der Waals surface area contributed by atoms with Gasteiger partial charge < -0.3 is 0 Å². The highest BCUT2D eigenvalue weighted by molar-refractivity contribution is 9.10. The molecule has 1 aromatic rings. The maximum absolute atomic E-state index is 10.6. The van der Waals surface area contributed by atoms with Gasteiger partial charge in [-0.25, -0.2) is 0 Å². The van der Waals surface area contributed by atoms with Gasteiger partial charge in [-0.2, -0.15) is 0 Å². The summed E-state index contributed by atoms with van der Waals surface area (Å²) >= 11 is 4.61. The van der Waals surface area contributed by atoms with Crippen LogP contribution in [0.3, 0.4) is 0 Å². The molecule has 0 radical (unpaired) electrons. The highest BCUT2D eigenvalue weighted by atomic mass is 79.9. The number of aromatic nitrogens is 1. The van der Waals surface area contributed by atoms with Crippen LogP contribution in [0.2, 0.25) is 0 Å². The molecule has 0 aliphatic heterocycles. The molecule has 0 aliphatic carbocycles. The van der Waals surface area contributed by atoms with Crippen LogP contribution in [0.5, 0.6) is 0 Å². The van der Waals surface area contributed by atoms with Crippen molar-refractivity contribution >= 4 is 32.8 Å². The molecule has 0 bridgehead atoms. The summed E-state index contributed by atoms with van der Waals surface area (Å²) in [4.78, 5) is 14.7. The van der Waals surface area contributed by atoms with E-state index in [2.05, 4.69) is 20.9 Å². The van der Waals surface area contributed by atoms with Crippen molar-refractivity contribution in [2.24, 2.45) is 0 Å². The Labute approximate surface area is 83.9 Å². The number of hydrogen-bond donors (Lipinski definition) is 0. The van der Waals surface area contributed by atoms with Crippen LogP contribution < -0.4 is 0 Å². The molecule has 0 fully saturated rings. The topological polar surface area (TPSA) is 30.0 Å². The third-order valence-electron chi connectivity index (χ3n) is 1.20. The smallest absolute Gasteiger partial charge is 0.186 e. The summed E-state index contributed by atoms with van der Waals surface area (Å²) in [5.74, 6) is 0.648. The van der Waals surface area contributed by atoms with Crippen LogP contribution >= 0.6 is 27.7 Å². The lowest BCUT2D eigenvalue weighted by Crippen LogP contribution is -1.88. The Morgan fingerprint density at radius 2 is 2.50 bits per heavy atom. The van der Waals surface area contributed by atoms with Gasteiger partial charge in [0, 0.05) is 23.3 Å². The van der Waals surface area contributed by atoms with E-state index in [0.29, 0.717) is 5.75 Å². The molecule has 0 saturated heterocycles. The monoisotopic (exact) mass is 245 g/mol. The summed E-state index contributed by atoms with van der Waals surface area (Å²) in [7, 11) is 0. The zero-order valence-corrected chi connectivity index (χ0v) is 8.98. The number of thioether (sulfide) groups is 1. The number of rotatable bonds is 2. The first kappa shape index (κ1) is 9.74. The lowest BCUT2D eigenvalue weighted by molar-refractivity contribution is -0.109. The summed E-state index contributed by atoms with van der Waals surface area (Å²) in [6.45, 7) is 1.56. The Bertz CT molecular complexity index is 290. The molecule has 0 aromatic carbocycles. The molecule has 1 heterocycles. The van der Waals surface area contributed by atoms with Crippen LogP contribution in [0.4, 0.5) is 0 Å². The zero-order chi connectivity index (χ0) is 8.97. The molecule has 0 aliphatic rings. The molecule has 64 valence electrons. The van der Waals surface area contributed by atoms with Crippen molar-refractivity contribution in [3.05, 3.63) is 28.5 Å². The lowest BCUT2D eigenvalue weighted by atomic mass is 10.4. The fourth-order valence-electron chi connectivity index (χ4n) is 0.703. The Morgan fingerprint density at radius 3 is 3.08 bits per heavy atom. The summed E-state index contributed by atoms with van der Waals surface area (Å²) in [6.07, 6.45) is 1.72. The highest BCUT2D eigenvalue weighted by Gasteiger charge is 1.98. The van der Waals surface area contributed by atoms with Gasteiger partial charge in [-0.3, -0.25) is 9.78 Å². The van der Waals surface area contributed by atoms with E-state index in [-0.39, 0.29) is 5.12 Å². The second kappa shape index (κ2) is 4.62. The van der Waals surface area contributed by atoms with Gasteiger partial charge in [0.1, 0.15) is 0 Å². The largest absolute Gasteiger partial charge is 0.288 e. The Balaban J connectivity index is 2.57. The van der Waals surface area contributed by atoms with Gasteiger partial charge in [-0.1, -0.05) is 27.7 Å². The van der Waals surface area contributed by atoms with Gasteiger partial charge in [0.25, 0.3) is 0 Å². The van der Waals surface area contributed by atoms with Crippen molar-refractivity contribution in [1.29, 1.82) is 0 Å². The number of nitrogens with zero attached hydrogens (tertiary/aromatic N) is 1. The van der Waals surface area contributed by atoms with Gasteiger partial charge >= 0.3 is 0 Å². The van der Waals surface area contributed by atoms with E-state index < -0.39 is 0 Å². The van der Waals surface area contributed by atoms with Crippen LogP contribution in [-0.2, 0) is 10.5 Å². The van der Waals surface area contributed by atoms with Crippen molar-refractivity contribution in [3.63, 3.8) is 0 Å². The fraction of sp³-hybridized carbons (Fsp3) is 0.250. The SMILES string of the molecule is CC(=O)SCc1cc(Br)ccn1. The summed E-state index contributed by atoms with van der Waals surface area (Å²) in [6, 6.07) is 3.78. The molecule has 0 amide bonds. The molecule has 2 nitrogen and oxygen atoms in total. The van der Waals surface area contributed by atoms with Crippen molar-refractivity contribution in [1.82, 2.24) is 4.98 Å². The molecule has 0 atom stereocenters. The maximum atomic E-state index is 10.6. The molecule has 1 rings (SSSR count). The number of pyridine rings is 1. The number of halogens is 1. The average molecular weight is 246 g/mol. The van der Waals surface area contributed by atoms with Gasteiger partial charge in [-0.05, 0) is 12.1 Å². The van der Waals surface area contributed by atoms with Gasteiger partial charge in [0.2, 0.25) is 0 Å². The van der Waals surface area contributed by atoms with Crippen LogP contribution in [0.15, 0.2) is 22.8 Å². The molecule has 1 aromatic heterocycles. The highest BCUT2D eigenvalue weighted by Crippen LogP contribution is 2.14. The van der Waals surface area contributed by atoms with Crippen molar-refractivity contribution in [2.75, 3.05) is 0 Å². The lowest BCUT2D eigenvalue weighted by Gasteiger charge is -1.97. The van der Waals surface area contributed by atoms with Gasteiger partial charge in [-0.15, -0.1) is 0 Å². The quantitative estimate of drug-likeness (QED) is 0.803. The molecule has 0 N–H and O–H groups in total. The summed E-state index contributed by atoms with van der Waals surface area (Å²) < 4.78 is 0.997. The fourth-order valence-corrected chi connectivity index (χ4v) is 1.59. The maximum Gasteiger partial charge on any atom is 0.186 e. The number of carbonyl (C=O) groups excluding carboxylic acids is 1. The Hall–Kier alpha value is -0.350. The second-order valence-electron chi connectivity index (χ2n) is 2.25. The molecule has 0 spiro atoms. The van der Waals surface area contributed by atoms with Gasteiger partial charge in [0.05, 0.1) is 5.69 Å². The standard InChI is InChI=1S/C8H8BrNOS/c1-6(11)12-5-8-4-7(9)2-3-10-8/h2-4H,5H2,1H3. The summed E-state index contributed by atoms with van der Waals surface area (Å²) in [5, 5.41) is 0.122. The Morgan fingerprint density at radius 1 is 1.75 bits per heavy atom. The predicted octanol–water partition coefficient (Wildman–Crippen LogP) is 2.62. The minimum atomic E-state index is 0.122. The van der Waals surface area contributed by atoms with Gasteiger partial charge in [0.15, 0.2) is 5.12 Å². The van der Waals surface area contributed by atoms with Crippen molar-refractivity contribution in [2.45, 2.75) is 12.7 Å². The van der Waals surface area contributed by atoms with Crippen LogP contribution in [-0.4, -0.2) is 10.1 Å². The van der Waals surface area contributed by atoms with E-state index in [4.69, 9.17) is 0 Å². The number of hydrogen-bond acceptors (Lipinski definition) is 3. The van der Waals surface area contributed by atoms with Crippen LogP contribution in [0.1, 0.15) is 12.6 Å². The third-order valence-corrected chi connectivity index (χ3v) is 2.54. The predicted molar refractivity (Wildman–Crippen MR) is 53.9 cm³/mol. The van der Waals surface area contributed by atoms with E-state index in [9.17, 15) is 4.79 Å². The molecule has 0 saturated carbocycles. The third kappa shape index (κ3) is 3.36. The first-order valence-corrected chi connectivity index (χ1v) is 5.20. The van der Waals surface area contributed by atoms with Crippen molar-refractivity contribution < 1.29 is 4.79 Å². The van der Waals surface area contributed by atoms with Crippen LogP contribution in [0.25, 0.3) is 0 Å².